The molecule has 0 aliphatic heterocycles. The topological polar surface area (TPSA) is 49.4 Å². The second-order valence-corrected chi connectivity index (χ2v) is 10.8. The number of halogens is 1. The first-order chi connectivity index (χ1) is 17.3. The molecular formula is C30H35ClN2O2S. The van der Waals surface area contributed by atoms with Gasteiger partial charge in [0.15, 0.2) is 0 Å². The molecule has 4 nitrogen and oxygen atoms in total. The Morgan fingerprint density at radius 1 is 0.944 bits per heavy atom. The van der Waals surface area contributed by atoms with Crippen LogP contribution in [0.25, 0.3) is 0 Å². The van der Waals surface area contributed by atoms with Crippen LogP contribution in [0, 0.1) is 12.8 Å². The van der Waals surface area contributed by atoms with Crippen molar-refractivity contribution in [3.63, 3.8) is 0 Å². The Morgan fingerprint density at radius 3 is 2.33 bits per heavy atom. The fourth-order valence-electron chi connectivity index (χ4n) is 3.93. The number of nitrogens with zero attached hydrogens (tertiary/aromatic N) is 1. The smallest absolute Gasteiger partial charge is 0.243 e. The van der Waals surface area contributed by atoms with E-state index in [4.69, 9.17) is 11.6 Å². The molecule has 0 saturated carbocycles. The highest BCUT2D eigenvalue weighted by molar-refractivity contribution is 7.99. The van der Waals surface area contributed by atoms with Gasteiger partial charge in [0.2, 0.25) is 11.8 Å². The molecule has 0 aliphatic carbocycles. The Kier molecular flexibility index (Phi) is 10.9. The largest absolute Gasteiger partial charge is 0.354 e. The monoisotopic (exact) mass is 522 g/mol. The van der Waals surface area contributed by atoms with Crippen LogP contribution < -0.4 is 5.32 Å². The van der Waals surface area contributed by atoms with Crippen molar-refractivity contribution in [2.24, 2.45) is 5.92 Å². The Balaban J connectivity index is 1.85. The van der Waals surface area contributed by atoms with Crippen LogP contribution in [-0.4, -0.2) is 35.1 Å². The summed E-state index contributed by atoms with van der Waals surface area (Å²) in [5.74, 6) is 1.10. The summed E-state index contributed by atoms with van der Waals surface area (Å²) in [5, 5.41) is 3.64. The molecule has 2 amide bonds. The standard InChI is InChI=1S/C30H35ClN2O2S/c1-22(2)18-32-30(35)28(17-24-11-5-4-6-12-24)33(19-26-14-7-8-15-27(26)31)29(34)21-36-20-25-13-9-10-23(3)16-25/h4-16,22,28H,17-21H2,1-3H3,(H,32,35)/t28-/m0/s1. The minimum absolute atomic E-state index is 0.0757. The van der Waals surface area contributed by atoms with Crippen molar-refractivity contribution in [2.45, 2.75) is 45.5 Å². The molecule has 0 saturated heterocycles. The number of carbonyl (C=O) groups is 2. The predicted molar refractivity (Wildman–Crippen MR) is 151 cm³/mol. The second kappa shape index (κ2) is 14.1. The van der Waals surface area contributed by atoms with Gasteiger partial charge >= 0.3 is 0 Å². The van der Waals surface area contributed by atoms with E-state index in [1.54, 1.807) is 16.7 Å². The zero-order valence-electron chi connectivity index (χ0n) is 21.2. The first-order valence-electron chi connectivity index (χ1n) is 12.3. The van der Waals surface area contributed by atoms with Crippen LogP contribution in [0.2, 0.25) is 5.02 Å². The van der Waals surface area contributed by atoms with Crippen LogP contribution in [0.4, 0.5) is 0 Å². The molecule has 1 atom stereocenters. The van der Waals surface area contributed by atoms with Gasteiger partial charge in [-0.15, -0.1) is 11.8 Å². The molecule has 0 aromatic heterocycles. The van der Waals surface area contributed by atoms with Gasteiger partial charge in [-0.05, 0) is 35.6 Å². The van der Waals surface area contributed by atoms with Crippen molar-refractivity contribution in [3.8, 4) is 0 Å². The van der Waals surface area contributed by atoms with E-state index in [1.165, 1.54) is 11.1 Å². The van der Waals surface area contributed by atoms with Gasteiger partial charge in [0, 0.05) is 30.3 Å². The summed E-state index contributed by atoms with van der Waals surface area (Å²) in [6, 6.07) is 25.0. The van der Waals surface area contributed by atoms with E-state index in [0.717, 1.165) is 16.9 Å². The summed E-state index contributed by atoms with van der Waals surface area (Å²) < 4.78 is 0. The van der Waals surface area contributed by atoms with Crippen LogP contribution in [0.3, 0.4) is 0 Å². The number of thioether (sulfide) groups is 1. The van der Waals surface area contributed by atoms with E-state index in [-0.39, 0.29) is 24.1 Å². The molecule has 3 rings (SSSR count). The molecule has 0 spiro atoms. The van der Waals surface area contributed by atoms with Crippen LogP contribution >= 0.6 is 23.4 Å². The summed E-state index contributed by atoms with van der Waals surface area (Å²) in [6.07, 6.45) is 0.434. The molecule has 1 N–H and O–H groups in total. The van der Waals surface area contributed by atoms with E-state index in [0.29, 0.717) is 23.9 Å². The second-order valence-electron chi connectivity index (χ2n) is 9.44. The van der Waals surface area contributed by atoms with E-state index in [2.05, 4.69) is 44.3 Å². The van der Waals surface area contributed by atoms with Crippen molar-refractivity contribution in [2.75, 3.05) is 12.3 Å². The number of hydrogen-bond acceptors (Lipinski definition) is 3. The lowest BCUT2D eigenvalue weighted by molar-refractivity contribution is -0.139. The lowest BCUT2D eigenvalue weighted by Crippen LogP contribution is -2.51. The van der Waals surface area contributed by atoms with E-state index >= 15 is 0 Å². The number of nitrogens with one attached hydrogen (secondary N) is 1. The molecule has 0 fully saturated rings. The number of rotatable bonds is 12. The molecule has 190 valence electrons. The van der Waals surface area contributed by atoms with Gasteiger partial charge in [0.25, 0.3) is 0 Å². The minimum Gasteiger partial charge on any atom is -0.354 e. The van der Waals surface area contributed by atoms with Crippen LogP contribution in [0.5, 0.6) is 0 Å². The highest BCUT2D eigenvalue weighted by Gasteiger charge is 2.30. The Hall–Kier alpha value is -2.76. The fraction of sp³-hybridized carbons (Fsp3) is 0.333. The van der Waals surface area contributed by atoms with Gasteiger partial charge in [-0.2, -0.15) is 0 Å². The first-order valence-corrected chi connectivity index (χ1v) is 13.8. The molecule has 3 aromatic rings. The minimum atomic E-state index is -0.644. The van der Waals surface area contributed by atoms with Crippen molar-refractivity contribution >= 4 is 35.2 Å². The molecule has 0 aliphatic rings. The van der Waals surface area contributed by atoms with E-state index in [9.17, 15) is 9.59 Å². The van der Waals surface area contributed by atoms with Gasteiger partial charge in [0.05, 0.1) is 5.75 Å². The molecule has 0 bridgehead atoms. The zero-order valence-corrected chi connectivity index (χ0v) is 22.8. The summed E-state index contributed by atoms with van der Waals surface area (Å²) >= 11 is 8.04. The Morgan fingerprint density at radius 2 is 1.64 bits per heavy atom. The zero-order chi connectivity index (χ0) is 25.9. The molecule has 6 heteroatoms. The average molecular weight is 523 g/mol. The highest BCUT2D eigenvalue weighted by atomic mass is 35.5. The molecule has 3 aromatic carbocycles. The number of carbonyl (C=O) groups excluding carboxylic acids is 2. The van der Waals surface area contributed by atoms with Gasteiger partial charge in [-0.1, -0.05) is 104 Å². The third kappa shape index (κ3) is 8.72. The van der Waals surface area contributed by atoms with Crippen molar-refractivity contribution < 1.29 is 9.59 Å². The molecule has 0 heterocycles. The summed E-state index contributed by atoms with van der Waals surface area (Å²) in [5.41, 5.74) is 4.21. The van der Waals surface area contributed by atoms with Crippen LogP contribution in [0.15, 0.2) is 78.9 Å². The SMILES string of the molecule is Cc1cccc(CSCC(=O)N(Cc2ccccc2Cl)[C@@H](Cc2ccccc2)C(=O)NCC(C)C)c1. The maximum atomic E-state index is 13.7. The molecule has 0 unspecified atom stereocenters. The number of hydrogen-bond donors (Lipinski definition) is 1. The normalized spacial score (nSPS) is 11.8. The molecule has 0 radical (unpaired) electrons. The average Bonchev–Trinajstić information content (AvgIpc) is 2.86. The van der Waals surface area contributed by atoms with E-state index < -0.39 is 6.04 Å². The Bertz CT molecular complexity index is 1140. The summed E-state index contributed by atoms with van der Waals surface area (Å²) in [4.78, 5) is 28.8. The lowest BCUT2D eigenvalue weighted by Gasteiger charge is -2.32. The highest BCUT2D eigenvalue weighted by Crippen LogP contribution is 2.22. The first kappa shape index (κ1) is 27.8. The van der Waals surface area contributed by atoms with Gasteiger partial charge in [-0.25, -0.2) is 0 Å². The number of amides is 2. The van der Waals surface area contributed by atoms with Crippen LogP contribution in [-0.2, 0) is 28.3 Å². The van der Waals surface area contributed by atoms with Crippen molar-refractivity contribution in [1.29, 1.82) is 0 Å². The third-order valence-electron chi connectivity index (χ3n) is 5.83. The predicted octanol–water partition coefficient (Wildman–Crippen LogP) is 6.29. The van der Waals surface area contributed by atoms with Gasteiger partial charge in [0.1, 0.15) is 6.04 Å². The maximum absolute atomic E-state index is 13.7. The third-order valence-corrected chi connectivity index (χ3v) is 7.19. The summed E-state index contributed by atoms with van der Waals surface area (Å²) in [7, 11) is 0. The van der Waals surface area contributed by atoms with E-state index in [1.807, 2.05) is 60.7 Å². The fourth-order valence-corrected chi connectivity index (χ4v) is 4.98. The lowest BCUT2D eigenvalue weighted by atomic mass is 10.0. The van der Waals surface area contributed by atoms with Gasteiger partial charge in [-0.3, -0.25) is 9.59 Å². The van der Waals surface area contributed by atoms with Crippen molar-refractivity contribution in [3.05, 3.63) is 106 Å². The van der Waals surface area contributed by atoms with Crippen molar-refractivity contribution in [1.82, 2.24) is 10.2 Å². The Labute approximate surface area is 224 Å². The number of benzene rings is 3. The van der Waals surface area contributed by atoms with Gasteiger partial charge < -0.3 is 10.2 Å². The molecule has 36 heavy (non-hydrogen) atoms. The molecular weight excluding hydrogens is 488 g/mol. The maximum Gasteiger partial charge on any atom is 0.243 e. The number of aryl methyl sites for hydroxylation is 1. The quantitative estimate of drug-likeness (QED) is 0.304. The summed E-state index contributed by atoms with van der Waals surface area (Å²) in [6.45, 7) is 7.01. The van der Waals surface area contributed by atoms with Crippen LogP contribution in [0.1, 0.15) is 36.1 Å².